The summed E-state index contributed by atoms with van der Waals surface area (Å²) >= 11 is 11.9. The summed E-state index contributed by atoms with van der Waals surface area (Å²) < 4.78 is 0. The first-order valence-corrected chi connectivity index (χ1v) is 6.84. The number of rotatable bonds is 2. The van der Waals surface area contributed by atoms with E-state index in [0.717, 1.165) is 31.5 Å². The van der Waals surface area contributed by atoms with E-state index in [2.05, 4.69) is 0 Å². The number of halogens is 2. The highest BCUT2D eigenvalue weighted by atomic mass is 35.5. The molecule has 0 N–H and O–H groups in total. The molecule has 1 fully saturated rings. The number of carbonyl (C=O) groups is 1. The van der Waals surface area contributed by atoms with E-state index in [1.54, 1.807) is 30.4 Å². The number of piperidine rings is 1. The third kappa shape index (κ3) is 3.50. The zero-order valence-corrected chi connectivity index (χ0v) is 11.5. The molecule has 0 radical (unpaired) electrons. The molecule has 1 amide bonds. The second-order valence-corrected chi connectivity index (χ2v) is 5.23. The minimum absolute atomic E-state index is 0.0470. The van der Waals surface area contributed by atoms with Crippen LogP contribution in [-0.4, -0.2) is 23.9 Å². The Labute approximate surface area is 117 Å². The van der Waals surface area contributed by atoms with Gasteiger partial charge >= 0.3 is 0 Å². The van der Waals surface area contributed by atoms with Crippen LogP contribution >= 0.6 is 23.2 Å². The fourth-order valence-corrected chi connectivity index (χ4v) is 2.38. The minimum atomic E-state index is 0.0470. The molecule has 0 spiro atoms. The van der Waals surface area contributed by atoms with E-state index in [9.17, 15) is 4.79 Å². The molecule has 18 heavy (non-hydrogen) atoms. The summed E-state index contributed by atoms with van der Waals surface area (Å²) in [6, 6.07) is 5.21. The van der Waals surface area contributed by atoms with Gasteiger partial charge in [-0.15, -0.1) is 0 Å². The van der Waals surface area contributed by atoms with Crippen LogP contribution in [0.5, 0.6) is 0 Å². The van der Waals surface area contributed by atoms with Crippen molar-refractivity contribution in [3.8, 4) is 0 Å². The number of nitrogens with zero attached hydrogens (tertiary/aromatic N) is 1. The van der Waals surface area contributed by atoms with Crippen LogP contribution in [0.1, 0.15) is 24.8 Å². The average molecular weight is 284 g/mol. The van der Waals surface area contributed by atoms with Gasteiger partial charge in [0.1, 0.15) is 0 Å². The molecule has 0 unspecified atom stereocenters. The monoisotopic (exact) mass is 283 g/mol. The zero-order chi connectivity index (χ0) is 13.0. The number of hydrogen-bond acceptors (Lipinski definition) is 1. The summed E-state index contributed by atoms with van der Waals surface area (Å²) in [7, 11) is 0. The maximum Gasteiger partial charge on any atom is 0.246 e. The molecule has 2 rings (SSSR count). The lowest BCUT2D eigenvalue weighted by molar-refractivity contribution is -0.126. The number of likely N-dealkylation sites (tertiary alicyclic amines) is 1. The van der Waals surface area contributed by atoms with Crippen molar-refractivity contribution in [2.75, 3.05) is 13.1 Å². The molecule has 1 saturated heterocycles. The van der Waals surface area contributed by atoms with E-state index in [1.807, 2.05) is 4.90 Å². The summed E-state index contributed by atoms with van der Waals surface area (Å²) in [6.07, 6.45) is 6.70. The Morgan fingerprint density at radius 3 is 2.61 bits per heavy atom. The Bertz CT molecular complexity index is 465. The molecular formula is C14H15Cl2NO. The molecule has 4 heteroatoms. The maximum absolute atomic E-state index is 11.9. The lowest BCUT2D eigenvalue weighted by atomic mass is 10.1. The molecule has 1 aromatic carbocycles. The Morgan fingerprint density at radius 2 is 1.89 bits per heavy atom. The quantitative estimate of drug-likeness (QED) is 0.751. The minimum Gasteiger partial charge on any atom is -0.339 e. The number of amides is 1. The fraction of sp³-hybridized carbons (Fsp3) is 0.357. The van der Waals surface area contributed by atoms with E-state index < -0.39 is 0 Å². The van der Waals surface area contributed by atoms with Gasteiger partial charge in [0.25, 0.3) is 0 Å². The highest BCUT2D eigenvalue weighted by molar-refractivity contribution is 6.34. The normalized spacial score (nSPS) is 16.2. The van der Waals surface area contributed by atoms with Gasteiger partial charge in [0, 0.05) is 29.2 Å². The summed E-state index contributed by atoms with van der Waals surface area (Å²) in [5.41, 5.74) is 0.773. The molecule has 0 aliphatic carbocycles. The molecule has 0 saturated carbocycles. The van der Waals surface area contributed by atoms with Crippen LogP contribution in [0.4, 0.5) is 0 Å². The Balaban J connectivity index is 2.05. The standard InChI is InChI=1S/C14H15Cl2NO/c15-12-5-6-13(16)11(10-12)4-7-14(18)17-8-2-1-3-9-17/h4-7,10H,1-3,8-9H2/b7-4+. The van der Waals surface area contributed by atoms with Crippen molar-refractivity contribution >= 4 is 35.2 Å². The van der Waals surface area contributed by atoms with E-state index in [-0.39, 0.29) is 5.91 Å². The van der Waals surface area contributed by atoms with Crippen LogP contribution in [0.2, 0.25) is 10.0 Å². The van der Waals surface area contributed by atoms with Gasteiger partial charge in [0.05, 0.1) is 0 Å². The molecule has 1 aliphatic rings. The second kappa shape index (κ2) is 6.26. The fourth-order valence-electron chi connectivity index (χ4n) is 2.02. The Morgan fingerprint density at radius 1 is 1.17 bits per heavy atom. The molecule has 0 aromatic heterocycles. The molecule has 1 aromatic rings. The first-order valence-electron chi connectivity index (χ1n) is 6.09. The van der Waals surface area contributed by atoms with Crippen molar-refractivity contribution < 1.29 is 4.79 Å². The highest BCUT2D eigenvalue weighted by Gasteiger charge is 2.13. The topological polar surface area (TPSA) is 20.3 Å². The number of hydrogen-bond donors (Lipinski definition) is 0. The lowest BCUT2D eigenvalue weighted by Crippen LogP contribution is -2.34. The van der Waals surface area contributed by atoms with Crippen LogP contribution in [-0.2, 0) is 4.79 Å². The number of benzene rings is 1. The third-order valence-corrected chi connectivity index (χ3v) is 3.61. The zero-order valence-electron chi connectivity index (χ0n) is 10.0. The van der Waals surface area contributed by atoms with Gasteiger partial charge in [-0.05, 0) is 49.1 Å². The van der Waals surface area contributed by atoms with Gasteiger partial charge in [-0.3, -0.25) is 4.79 Å². The summed E-state index contributed by atoms with van der Waals surface area (Å²) in [5, 5.41) is 1.21. The van der Waals surface area contributed by atoms with Crippen LogP contribution in [0.25, 0.3) is 6.08 Å². The molecule has 1 heterocycles. The van der Waals surface area contributed by atoms with Crippen molar-refractivity contribution in [2.45, 2.75) is 19.3 Å². The molecule has 2 nitrogen and oxygen atoms in total. The molecule has 1 aliphatic heterocycles. The summed E-state index contributed by atoms with van der Waals surface area (Å²) in [5.74, 6) is 0.0470. The predicted octanol–water partition coefficient (Wildman–Crippen LogP) is 4.02. The average Bonchev–Trinajstić information content (AvgIpc) is 2.40. The lowest BCUT2D eigenvalue weighted by Gasteiger charge is -2.25. The van der Waals surface area contributed by atoms with Crippen molar-refractivity contribution in [3.05, 3.63) is 39.9 Å². The molecular weight excluding hydrogens is 269 g/mol. The number of carbonyl (C=O) groups excluding carboxylic acids is 1. The SMILES string of the molecule is O=C(/C=C/c1cc(Cl)ccc1Cl)N1CCCCC1. The van der Waals surface area contributed by atoms with Gasteiger partial charge < -0.3 is 4.90 Å². The Hall–Kier alpha value is -0.990. The highest BCUT2D eigenvalue weighted by Crippen LogP contribution is 2.22. The smallest absolute Gasteiger partial charge is 0.246 e. The van der Waals surface area contributed by atoms with Gasteiger partial charge in [-0.1, -0.05) is 23.2 Å². The molecule has 96 valence electrons. The van der Waals surface area contributed by atoms with E-state index >= 15 is 0 Å². The molecule has 0 bridgehead atoms. The van der Waals surface area contributed by atoms with Gasteiger partial charge in [-0.25, -0.2) is 0 Å². The van der Waals surface area contributed by atoms with Crippen molar-refractivity contribution in [2.24, 2.45) is 0 Å². The second-order valence-electron chi connectivity index (χ2n) is 4.39. The maximum atomic E-state index is 11.9. The van der Waals surface area contributed by atoms with E-state index in [4.69, 9.17) is 23.2 Å². The summed E-state index contributed by atoms with van der Waals surface area (Å²) in [6.45, 7) is 1.71. The van der Waals surface area contributed by atoms with E-state index in [0.29, 0.717) is 10.0 Å². The third-order valence-electron chi connectivity index (χ3n) is 3.03. The van der Waals surface area contributed by atoms with E-state index in [1.165, 1.54) is 6.42 Å². The van der Waals surface area contributed by atoms with Crippen molar-refractivity contribution in [3.63, 3.8) is 0 Å². The van der Waals surface area contributed by atoms with Gasteiger partial charge in [0.2, 0.25) is 5.91 Å². The van der Waals surface area contributed by atoms with Crippen LogP contribution in [0.3, 0.4) is 0 Å². The van der Waals surface area contributed by atoms with Gasteiger partial charge in [0.15, 0.2) is 0 Å². The Kier molecular flexibility index (Phi) is 4.67. The largest absolute Gasteiger partial charge is 0.339 e. The predicted molar refractivity (Wildman–Crippen MR) is 75.9 cm³/mol. The van der Waals surface area contributed by atoms with Crippen LogP contribution in [0.15, 0.2) is 24.3 Å². The first-order chi connectivity index (χ1) is 8.66. The van der Waals surface area contributed by atoms with Crippen LogP contribution < -0.4 is 0 Å². The molecule has 0 atom stereocenters. The van der Waals surface area contributed by atoms with Gasteiger partial charge in [-0.2, -0.15) is 0 Å². The first kappa shape index (κ1) is 13.4. The van der Waals surface area contributed by atoms with Crippen molar-refractivity contribution in [1.82, 2.24) is 4.90 Å². The van der Waals surface area contributed by atoms with Crippen molar-refractivity contribution in [1.29, 1.82) is 0 Å². The van der Waals surface area contributed by atoms with Crippen LogP contribution in [0, 0.1) is 0 Å². The summed E-state index contributed by atoms with van der Waals surface area (Å²) in [4.78, 5) is 13.8.